The second-order valence-corrected chi connectivity index (χ2v) is 5.60. The van der Waals surface area contributed by atoms with E-state index >= 15 is 0 Å². The van der Waals surface area contributed by atoms with E-state index in [1.807, 2.05) is 0 Å². The predicted octanol–water partition coefficient (Wildman–Crippen LogP) is 3.67. The maximum atomic E-state index is 3.51. The van der Waals surface area contributed by atoms with Crippen LogP contribution in [-0.2, 0) is 6.54 Å². The van der Waals surface area contributed by atoms with E-state index < -0.39 is 0 Å². The summed E-state index contributed by atoms with van der Waals surface area (Å²) in [6.45, 7) is 14.3. The first-order chi connectivity index (χ1) is 8.54. The molecule has 0 unspecified atom stereocenters. The van der Waals surface area contributed by atoms with Gasteiger partial charge in [0.15, 0.2) is 0 Å². The third-order valence-corrected chi connectivity index (χ3v) is 3.00. The van der Waals surface area contributed by atoms with Crippen LogP contribution in [0, 0.1) is 5.92 Å². The Balaban J connectivity index is 2.84. The molecule has 0 aliphatic carbocycles. The van der Waals surface area contributed by atoms with Crippen molar-refractivity contribution in [3.8, 4) is 0 Å². The first-order valence-electron chi connectivity index (χ1n) is 7.10. The van der Waals surface area contributed by atoms with Gasteiger partial charge in [-0.2, -0.15) is 0 Å². The van der Waals surface area contributed by atoms with E-state index in [1.54, 1.807) is 0 Å². The van der Waals surface area contributed by atoms with Crippen molar-refractivity contribution >= 4 is 5.69 Å². The molecular weight excluding hydrogens is 220 g/mol. The second-order valence-electron chi connectivity index (χ2n) is 5.60. The van der Waals surface area contributed by atoms with E-state index in [1.165, 1.54) is 11.3 Å². The number of rotatable bonds is 7. The monoisotopic (exact) mass is 248 g/mol. The van der Waals surface area contributed by atoms with Crippen molar-refractivity contribution in [2.45, 2.75) is 47.2 Å². The van der Waals surface area contributed by atoms with Gasteiger partial charge >= 0.3 is 0 Å². The Kier molecular flexibility index (Phi) is 6.20. The summed E-state index contributed by atoms with van der Waals surface area (Å²) >= 11 is 0. The average molecular weight is 248 g/mol. The fourth-order valence-corrected chi connectivity index (χ4v) is 2.12. The number of nitrogens with one attached hydrogen (secondary N) is 1. The second kappa shape index (κ2) is 7.42. The van der Waals surface area contributed by atoms with E-state index in [-0.39, 0.29) is 0 Å². The molecular formula is C16H28N2. The van der Waals surface area contributed by atoms with E-state index in [0.717, 1.165) is 19.6 Å². The molecule has 0 bridgehead atoms. The Morgan fingerprint density at radius 2 is 1.78 bits per heavy atom. The van der Waals surface area contributed by atoms with Gasteiger partial charge in [-0.15, -0.1) is 0 Å². The summed E-state index contributed by atoms with van der Waals surface area (Å²) in [4.78, 5) is 2.47. The Morgan fingerprint density at radius 3 is 2.33 bits per heavy atom. The lowest BCUT2D eigenvalue weighted by Gasteiger charge is -2.28. The molecule has 0 saturated carbocycles. The number of benzene rings is 1. The van der Waals surface area contributed by atoms with Crippen molar-refractivity contribution in [2.24, 2.45) is 5.92 Å². The van der Waals surface area contributed by atoms with Gasteiger partial charge < -0.3 is 10.2 Å². The summed E-state index contributed by atoms with van der Waals surface area (Å²) in [6, 6.07) is 9.26. The normalized spacial score (nSPS) is 11.3. The summed E-state index contributed by atoms with van der Waals surface area (Å²) < 4.78 is 0. The van der Waals surface area contributed by atoms with Crippen molar-refractivity contribution in [3.63, 3.8) is 0 Å². The molecule has 0 aliphatic rings. The third kappa shape index (κ3) is 4.69. The van der Waals surface area contributed by atoms with Crippen LogP contribution >= 0.6 is 0 Å². The number of hydrogen-bond acceptors (Lipinski definition) is 2. The fraction of sp³-hybridized carbons (Fsp3) is 0.625. The van der Waals surface area contributed by atoms with E-state index in [4.69, 9.17) is 0 Å². The van der Waals surface area contributed by atoms with Crippen LogP contribution in [-0.4, -0.2) is 19.1 Å². The van der Waals surface area contributed by atoms with Gasteiger partial charge in [-0.05, 0) is 24.5 Å². The van der Waals surface area contributed by atoms with Crippen molar-refractivity contribution in [2.75, 3.05) is 18.0 Å². The molecule has 0 spiro atoms. The van der Waals surface area contributed by atoms with Gasteiger partial charge in [-0.3, -0.25) is 0 Å². The molecule has 0 atom stereocenters. The van der Waals surface area contributed by atoms with E-state index in [2.05, 4.69) is 69.1 Å². The van der Waals surface area contributed by atoms with Crippen LogP contribution in [0.4, 0.5) is 5.69 Å². The predicted molar refractivity (Wildman–Crippen MR) is 81.1 cm³/mol. The number of nitrogens with zero attached hydrogens (tertiary/aromatic N) is 1. The van der Waals surface area contributed by atoms with Crippen molar-refractivity contribution in [1.82, 2.24) is 5.32 Å². The van der Waals surface area contributed by atoms with Crippen molar-refractivity contribution in [3.05, 3.63) is 29.8 Å². The molecule has 1 rings (SSSR count). The minimum atomic E-state index is 0.526. The van der Waals surface area contributed by atoms with Crippen LogP contribution in [0.2, 0.25) is 0 Å². The van der Waals surface area contributed by atoms with Gasteiger partial charge in [0.05, 0.1) is 0 Å². The van der Waals surface area contributed by atoms with Gasteiger partial charge in [-0.25, -0.2) is 0 Å². The molecule has 18 heavy (non-hydrogen) atoms. The Bertz CT molecular complexity index is 345. The molecule has 1 N–H and O–H groups in total. The lowest BCUT2D eigenvalue weighted by molar-refractivity contribution is 0.582. The topological polar surface area (TPSA) is 15.3 Å². The zero-order chi connectivity index (χ0) is 13.5. The van der Waals surface area contributed by atoms with Crippen LogP contribution in [0.1, 0.15) is 40.2 Å². The lowest BCUT2D eigenvalue weighted by atomic mass is 10.1. The first-order valence-corrected chi connectivity index (χ1v) is 7.10. The molecule has 0 aliphatic heterocycles. The highest BCUT2D eigenvalue weighted by molar-refractivity contribution is 5.53. The Hall–Kier alpha value is -1.02. The molecule has 0 fully saturated rings. The Labute approximate surface area is 112 Å². The molecule has 2 nitrogen and oxygen atoms in total. The fourth-order valence-electron chi connectivity index (χ4n) is 2.12. The maximum Gasteiger partial charge on any atom is 0.0411 e. The zero-order valence-electron chi connectivity index (χ0n) is 12.5. The largest absolute Gasteiger partial charge is 0.371 e. The molecule has 0 heterocycles. The molecule has 0 amide bonds. The highest BCUT2D eigenvalue weighted by Gasteiger charge is 2.10. The summed E-state index contributed by atoms with van der Waals surface area (Å²) in [7, 11) is 0. The van der Waals surface area contributed by atoms with Crippen LogP contribution in [0.25, 0.3) is 0 Å². The number of hydrogen-bond donors (Lipinski definition) is 1. The summed E-state index contributed by atoms with van der Waals surface area (Å²) in [5, 5.41) is 3.51. The van der Waals surface area contributed by atoms with E-state index in [9.17, 15) is 0 Å². The molecule has 0 saturated heterocycles. The smallest absolute Gasteiger partial charge is 0.0411 e. The maximum absolute atomic E-state index is 3.51. The standard InChI is InChI=1S/C16H28N2/c1-6-18(12-13(2)3)16-10-8-7-9-15(16)11-17-14(4)5/h7-10,13-14,17H,6,11-12H2,1-5H3. The lowest BCUT2D eigenvalue weighted by Crippen LogP contribution is -2.29. The molecule has 2 heteroatoms. The van der Waals surface area contributed by atoms with E-state index in [0.29, 0.717) is 12.0 Å². The summed E-state index contributed by atoms with van der Waals surface area (Å²) in [6.07, 6.45) is 0. The van der Waals surface area contributed by atoms with Crippen LogP contribution < -0.4 is 10.2 Å². The highest BCUT2D eigenvalue weighted by atomic mass is 15.1. The molecule has 1 aromatic rings. The number of para-hydroxylation sites is 1. The Morgan fingerprint density at radius 1 is 1.11 bits per heavy atom. The average Bonchev–Trinajstić information content (AvgIpc) is 2.33. The first kappa shape index (κ1) is 15.0. The molecule has 0 radical (unpaired) electrons. The van der Waals surface area contributed by atoms with Gasteiger partial charge in [-0.1, -0.05) is 45.9 Å². The summed E-state index contributed by atoms with van der Waals surface area (Å²) in [5.74, 6) is 0.691. The quantitative estimate of drug-likeness (QED) is 0.792. The zero-order valence-corrected chi connectivity index (χ0v) is 12.5. The van der Waals surface area contributed by atoms with Gasteiger partial charge in [0.1, 0.15) is 0 Å². The highest BCUT2D eigenvalue weighted by Crippen LogP contribution is 2.21. The minimum absolute atomic E-state index is 0.526. The van der Waals surface area contributed by atoms with Gasteiger partial charge in [0, 0.05) is 31.4 Å². The van der Waals surface area contributed by atoms with Crippen LogP contribution in [0.3, 0.4) is 0 Å². The minimum Gasteiger partial charge on any atom is -0.371 e. The van der Waals surface area contributed by atoms with Crippen molar-refractivity contribution < 1.29 is 0 Å². The number of anilines is 1. The summed E-state index contributed by atoms with van der Waals surface area (Å²) in [5.41, 5.74) is 2.77. The molecule has 0 aromatic heterocycles. The SMILES string of the molecule is CCN(CC(C)C)c1ccccc1CNC(C)C. The third-order valence-electron chi connectivity index (χ3n) is 3.00. The van der Waals surface area contributed by atoms with Gasteiger partial charge in [0.2, 0.25) is 0 Å². The van der Waals surface area contributed by atoms with Gasteiger partial charge in [0.25, 0.3) is 0 Å². The van der Waals surface area contributed by atoms with Crippen LogP contribution in [0.5, 0.6) is 0 Å². The van der Waals surface area contributed by atoms with Crippen LogP contribution in [0.15, 0.2) is 24.3 Å². The molecule has 1 aromatic carbocycles. The molecule has 102 valence electrons. The van der Waals surface area contributed by atoms with Crippen molar-refractivity contribution in [1.29, 1.82) is 0 Å².